The quantitative estimate of drug-likeness (QED) is 0.922. The van der Waals surface area contributed by atoms with E-state index in [0.717, 1.165) is 0 Å². The van der Waals surface area contributed by atoms with E-state index in [-0.39, 0.29) is 0 Å². The first-order chi connectivity index (χ1) is 9.01. The highest BCUT2D eigenvalue weighted by Crippen LogP contribution is 2.29. The highest BCUT2D eigenvalue weighted by Gasteiger charge is 2.15. The van der Waals surface area contributed by atoms with Crippen LogP contribution in [0.3, 0.4) is 0 Å². The lowest BCUT2D eigenvalue weighted by Gasteiger charge is -2.15. The van der Waals surface area contributed by atoms with Crippen LogP contribution in [0.2, 0.25) is 10.0 Å². The summed E-state index contributed by atoms with van der Waals surface area (Å²) in [4.78, 5) is 0. The molecule has 19 heavy (non-hydrogen) atoms. The molecule has 2 aromatic rings. The molecule has 0 spiro atoms. The number of methoxy groups -OCH3 is 1. The van der Waals surface area contributed by atoms with Crippen molar-refractivity contribution in [1.82, 2.24) is 0 Å². The van der Waals surface area contributed by atoms with Crippen molar-refractivity contribution in [2.45, 2.75) is 6.04 Å². The lowest BCUT2D eigenvalue weighted by Crippen LogP contribution is -2.13. The third kappa shape index (κ3) is 3.18. The van der Waals surface area contributed by atoms with Crippen LogP contribution in [-0.2, 0) is 0 Å². The van der Waals surface area contributed by atoms with Gasteiger partial charge in [-0.2, -0.15) is 0 Å². The van der Waals surface area contributed by atoms with Crippen LogP contribution in [0.15, 0.2) is 36.4 Å². The van der Waals surface area contributed by atoms with E-state index in [1.54, 1.807) is 30.3 Å². The minimum atomic E-state index is -0.637. The largest absolute Gasteiger partial charge is 0.497 e. The van der Waals surface area contributed by atoms with Crippen LogP contribution in [0.25, 0.3) is 0 Å². The molecule has 2 aromatic carbocycles. The Morgan fingerprint density at radius 2 is 1.74 bits per heavy atom. The van der Waals surface area contributed by atoms with Crippen molar-refractivity contribution in [3.05, 3.63) is 63.4 Å². The van der Waals surface area contributed by atoms with Gasteiger partial charge in [0.25, 0.3) is 0 Å². The molecule has 1 atom stereocenters. The van der Waals surface area contributed by atoms with E-state index in [1.165, 1.54) is 13.2 Å². The average molecular weight is 300 g/mol. The van der Waals surface area contributed by atoms with Crippen molar-refractivity contribution in [1.29, 1.82) is 0 Å². The number of hydrogen-bond acceptors (Lipinski definition) is 2. The second-order valence-corrected chi connectivity index (χ2v) is 4.94. The fourth-order valence-electron chi connectivity index (χ4n) is 1.82. The minimum Gasteiger partial charge on any atom is -0.497 e. The van der Waals surface area contributed by atoms with Crippen LogP contribution in [0.1, 0.15) is 17.2 Å². The Balaban J connectivity index is 2.40. The monoisotopic (exact) mass is 299 g/mol. The molecule has 0 saturated carbocycles. The van der Waals surface area contributed by atoms with E-state index >= 15 is 0 Å². The molecule has 2 N–H and O–H groups in total. The molecule has 0 aliphatic carbocycles. The molecule has 0 heterocycles. The molecule has 0 fully saturated rings. The highest BCUT2D eigenvalue weighted by molar-refractivity contribution is 6.34. The molecular formula is C14H12Cl2FNO. The van der Waals surface area contributed by atoms with Gasteiger partial charge in [0.05, 0.1) is 13.2 Å². The fourth-order valence-corrected chi connectivity index (χ4v) is 2.36. The molecule has 0 saturated heterocycles. The smallest absolute Gasteiger partial charge is 0.132 e. The van der Waals surface area contributed by atoms with Crippen LogP contribution >= 0.6 is 23.2 Å². The summed E-state index contributed by atoms with van der Waals surface area (Å²) in [5.74, 6) is 0.0144. The molecule has 5 heteroatoms. The van der Waals surface area contributed by atoms with Crippen molar-refractivity contribution in [2.24, 2.45) is 5.73 Å². The minimum absolute atomic E-state index is 0.360. The van der Waals surface area contributed by atoms with Gasteiger partial charge < -0.3 is 10.5 Å². The van der Waals surface area contributed by atoms with Crippen LogP contribution in [0.5, 0.6) is 5.75 Å². The molecule has 0 aliphatic rings. The van der Waals surface area contributed by atoms with E-state index in [2.05, 4.69) is 0 Å². The van der Waals surface area contributed by atoms with Crippen molar-refractivity contribution < 1.29 is 9.13 Å². The summed E-state index contributed by atoms with van der Waals surface area (Å²) in [6.45, 7) is 0. The maximum absolute atomic E-state index is 13.9. The molecule has 0 aliphatic heterocycles. The Morgan fingerprint density at radius 3 is 2.26 bits per heavy atom. The Labute approximate surface area is 120 Å². The van der Waals surface area contributed by atoms with Gasteiger partial charge in [-0.1, -0.05) is 29.3 Å². The van der Waals surface area contributed by atoms with E-state index in [0.29, 0.717) is 26.9 Å². The van der Waals surface area contributed by atoms with Crippen LogP contribution in [0, 0.1) is 5.82 Å². The zero-order valence-electron chi connectivity index (χ0n) is 10.2. The molecule has 1 unspecified atom stereocenters. The van der Waals surface area contributed by atoms with Crippen molar-refractivity contribution >= 4 is 23.2 Å². The van der Waals surface area contributed by atoms with Gasteiger partial charge in [-0.15, -0.1) is 0 Å². The number of benzene rings is 2. The molecule has 0 aromatic heterocycles. The first-order valence-electron chi connectivity index (χ1n) is 5.56. The Kier molecular flexibility index (Phi) is 4.30. The molecule has 2 rings (SSSR count). The normalized spacial score (nSPS) is 12.3. The van der Waals surface area contributed by atoms with E-state index in [4.69, 9.17) is 33.7 Å². The summed E-state index contributed by atoms with van der Waals surface area (Å²) < 4.78 is 18.9. The van der Waals surface area contributed by atoms with E-state index in [1.807, 2.05) is 0 Å². The zero-order valence-corrected chi connectivity index (χ0v) is 11.7. The maximum Gasteiger partial charge on any atom is 0.132 e. The lowest BCUT2D eigenvalue weighted by atomic mass is 9.99. The predicted octanol–water partition coefficient (Wildman–Crippen LogP) is 4.19. The van der Waals surface area contributed by atoms with Gasteiger partial charge in [-0.3, -0.25) is 0 Å². The lowest BCUT2D eigenvalue weighted by molar-refractivity contribution is 0.410. The Morgan fingerprint density at radius 1 is 1.11 bits per heavy atom. The van der Waals surface area contributed by atoms with Crippen LogP contribution in [0.4, 0.5) is 4.39 Å². The summed E-state index contributed by atoms with van der Waals surface area (Å²) >= 11 is 11.8. The summed E-state index contributed by atoms with van der Waals surface area (Å²) in [6.07, 6.45) is 0. The van der Waals surface area contributed by atoms with Gasteiger partial charge in [0.15, 0.2) is 0 Å². The summed E-state index contributed by atoms with van der Waals surface area (Å²) in [5.41, 5.74) is 7.06. The van der Waals surface area contributed by atoms with Gasteiger partial charge in [0, 0.05) is 21.7 Å². The highest BCUT2D eigenvalue weighted by atomic mass is 35.5. The van der Waals surface area contributed by atoms with E-state index < -0.39 is 11.9 Å². The number of hydrogen-bond donors (Lipinski definition) is 1. The average Bonchev–Trinajstić information content (AvgIpc) is 2.36. The maximum atomic E-state index is 13.9. The SMILES string of the molecule is COc1ccc(C(N)c2cc(Cl)cc(Cl)c2)c(F)c1. The van der Waals surface area contributed by atoms with Gasteiger partial charge >= 0.3 is 0 Å². The van der Waals surface area contributed by atoms with Crippen molar-refractivity contribution in [3.8, 4) is 5.75 Å². The van der Waals surface area contributed by atoms with Crippen LogP contribution < -0.4 is 10.5 Å². The zero-order chi connectivity index (χ0) is 14.0. The number of nitrogens with two attached hydrogens (primary N) is 1. The first kappa shape index (κ1) is 14.1. The predicted molar refractivity (Wildman–Crippen MR) is 75.4 cm³/mol. The van der Waals surface area contributed by atoms with Gasteiger partial charge in [-0.25, -0.2) is 4.39 Å². The summed E-state index contributed by atoms with van der Waals surface area (Å²) in [6, 6.07) is 8.84. The molecule has 0 bridgehead atoms. The number of ether oxygens (including phenoxy) is 1. The van der Waals surface area contributed by atoms with E-state index in [9.17, 15) is 4.39 Å². The summed E-state index contributed by atoms with van der Waals surface area (Å²) in [7, 11) is 1.48. The van der Waals surface area contributed by atoms with Crippen LogP contribution in [-0.4, -0.2) is 7.11 Å². The third-order valence-electron chi connectivity index (χ3n) is 2.79. The number of rotatable bonds is 3. The molecule has 0 radical (unpaired) electrons. The van der Waals surface area contributed by atoms with Gasteiger partial charge in [0.1, 0.15) is 11.6 Å². The van der Waals surface area contributed by atoms with Gasteiger partial charge in [-0.05, 0) is 29.8 Å². The van der Waals surface area contributed by atoms with Gasteiger partial charge in [0.2, 0.25) is 0 Å². The second kappa shape index (κ2) is 5.78. The second-order valence-electron chi connectivity index (χ2n) is 4.07. The summed E-state index contributed by atoms with van der Waals surface area (Å²) in [5, 5.41) is 0.929. The Hall–Kier alpha value is -1.29. The number of halogens is 3. The molecular weight excluding hydrogens is 288 g/mol. The molecule has 2 nitrogen and oxygen atoms in total. The fraction of sp³-hybridized carbons (Fsp3) is 0.143. The Bertz CT molecular complexity index is 584. The third-order valence-corrected chi connectivity index (χ3v) is 3.22. The first-order valence-corrected chi connectivity index (χ1v) is 6.32. The van der Waals surface area contributed by atoms with Crippen molar-refractivity contribution in [2.75, 3.05) is 7.11 Å². The topological polar surface area (TPSA) is 35.2 Å². The standard InChI is InChI=1S/C14H12Cl2FNO/c1-19-11-2-3-12(13(17)7-11)14(18)8-4-9(15)6-10(16)5-8/h2-7,14H,18H2,1H3. The molecule has 0 amide bonds. The van der Waals surface area contributed by atoms with Crippen molar-refractivity contribution in [3.63, 3.8) is 0 Å². The molecule has 100 valence electrons.